The van der Waals surface area contributed by atoms with Crippen molar-refractivity contribution in [2.45, 2.75) is 13.0 Å². The number of imidazole rings is 1. The van der Waals surface area contributed by atoms with Crippen molar-refractivity contribution in [3.63, 3.8) is 0 Å². The van der Waals surface area contributed by atoms with Crippen LogP contribution >= 0.6 is 11.6 Å². The van der Waals surface area contributed by atoms with Crippen LogP contribution in [0, 0.1) is 0 Å². The molecule has 0 unspecified atom stereocenters. The molecule has 0 saturated carbocycles. The quantitative estimate of drug-likeness (QED) is 0.796. The summed E-state index contributed by atoms with van der Waals surface area (Å²) in [7, 11) is 0. The number of hydrogen-bond acceptors (Lipinski definition) is 2. The molecule has 2 heterocycles. The van der Waals surface area contributed by atoms with Gasteiger partial charge in [-0.25, -0.2) is 4.98 Å². The molecule has 0 saturated heterocycles. The molecule has 3 aromatic rings. The van der Waals surface area contributed by atoms with Crippen LogP contribution < -0.4 is 5.73 Å². The number of pyridine rings is 1. The Morgan fingerprint density at radius 3 is 2.63 bits per heavy atom. The zero-order valence-electron chi connectivity index (χ0n) is 10.4. The molecule has 0 spiro atoms. The number of nitrogens with two attached hydrogens (primary N) is 1. The Hall–Kier alpha value is -1.84. The van der Waals surface area contributed by atoms with Crippen molar-refractivity contribution in [1.82, 2.24) is 9.38 Å². The van der Waals surface area contributed by atoms with Crippen LogP contribution in [0.3, 0.4) is 0 Å². The number of fused-ring (bicyclic) bond motifs is 1. The molecule has 96 valence electrons. The van der Waals surface area contributed by atoms with Crippen LogP contribution in [-0.2, 0) is 13.0 Å². The Kier molecular flexibility index (Phi) is 3.23. The second-order valence-corrected chi connectivity index (χ2v) is 4.98. The van der Waals surface area contributed by atoms with Gasteiger partial charge >= 0.3 is 0 Å². The van der Waals surface area contributed by atoms with Crippen molar-refractivity contribution in [3.05, 3.63) is 70.6 Å². The summed E-state index contributed by atoms with van der Waals surface area (Å²) in [5.74, 6) is 0. The Morgan fingerprint density at radius 1 is 1.11 bits per heavy atom. The summed E-state index contributed by atoms with van der Waals surface area (Å²) in [6.07, 6.45) is 4.84. The number of nitrogens with zero attached hydrogens (tertiary/aromatic N) is 2. The number of hydrogen-bond donors (Lipinski definition) is 1. The molecule has 2 aromatic heterocycles. The van der Waals surface area contributed by atoms with Crippen molar-refractivity contribution in [1.29, 1.82) is 0 Å². The summed E-state index contributed by atoms with van der Waals surface area (Å²) < 4.78 is 2.02. The predicted molar refractivity (Wildman–Crippen MR) is 77.3 cm³/mol. The topological polar surface area (TPSA) is 43.3 Å². The van der Waals surface area contributed by atoms with E-state index in [0.717, 1.165) is 28.3 Å². The molecule has 0 aliphatic carbocycles. The first-order valence-corrected chi connectivity index (χ1v) is 6.53. The highest BCUT2D eigenvalue weighted by atomic mass is 35.5. The van der Waals surface area contributed by atoms with Crippen LogP contribution in [0.1, 0.15) is 16.8 Å². The standard InChI is InChI=1S/C15H14ClN3/c16-13-3-1-11(2-4-13)7-14-10-19-6-5-12(9-17)8-15(19)18-14/h1-6,8,10H,7,9,17H2. The summed E-state index contributed by atoms with van der Waals surface area (Å²) in [5.41, 5.74) is 9.91. The van der Waals surface area contributed by atoms with E-state index in [1.54, 1.807) is 0 Å². The van der Waals surface area contributed by atoms with Crippen LogP contribution in [0.2, 0.25) is 5.02 Å². The van der Waals surface area contributed by atoms with E-state index in [2.05, 4.69) is 4.98 Å². The molecule has 0 aliphatic heterocycles. The minimum atomic E-state index is 0.538. The number of rotatable bonds is 3. The lowest BCUT2D eigenvalue weighted by Crippen LogP contribution is -1.96. The fourth-order valence-electron chi connectivity index (χ4n) is 2.10. The second-order valence-electron chi connectivity index (χ2n) is 4.54. The normalized spacial score (nSPS) is 11.1. The lowest BCUT2D eigenvalue weighted by atomic mass is 10.1. The van der Waals surface area contributed by atoms with Crippen molar-refractivity contribution >= 4 is 17.2 Å². The number of aromatic nitrogens is 2. The van der Waals surface area contributed by atoms with Crippen molar-refractivity contribution < 1.29 is 0 Å². The number of halogens is 1. The third kappa shape index (κ3) is 2.62. The molecule has 4 heteroatoms. The second kappa shape index (κ2) is 5.03. The first-order valence-electron chi connectivity index (χ1n) is 6.15. The molecule has 0 bridgehead atoms. The average molecular weight is 272 g/mol. The minimum Gasteiger partial charge on any atom is -0.326 e. The molecule has 3 nitrogen and oxygen atoms in total. The highest BCUT2D eigenvalue weighted by Crippen LogP contribution is 2.14. The van der Waals surface area contributed by atoms with Gasteiger partial charge < -0.3 is 10.1 Å². The van der Waals surface area contributed by atoms with E-state index < -0.39 is 0 Å². The van der Waals surface area contributed by atoms with Gasteiger partial charge in [0.25, 0.3) is 0 Å². The third-order valence-corrected chi connectivity index (χ3v) is 3.36. The largest absolute Gasteiger partial charge is 0.326 e. The van der Waals surface area contributed by atoms with Gasteiger partial charge in [-0.3, -0.25) is 0 Å². The lowest BCUT2D eigenvalue weighted by molar-refractivity contribution is 1.05. The van der Waals surface area contributed by atoms with E-state index in [4.69, 9.17) is 17.3 Å². The highest BCUT2D eigenvalue weighted by Gasteiger charge is 2.03. The van der Waals surface area contributed by atoms with E-state index in [-0.39, 0.29) is 0 Å². The molecule has 0 fully saturated rings. The van der Waals surface area contributed by atoms with Gasteiger partial charge in [0, 0.05) is 30.4 Å². The molecule has 0 atom stereocenters. The SMILES string of the molecule is NCc1ccn2cc(Cc3ccc(Cl)cc3)nc2c1. The first-order chi connectivity index (χ1) is 9.24. The first kappa shape index (κ1) is 12.2. The Balaban J connectivity index is 1.90. The highest BCUT2D eigenvalue weighted by molar-refractivity contribution is 6.30. The van der Waals surface area contributed by atoms with Gasteiger partial charge in [-0.1, -0.05) is 23.7 Å². The van der Waals surface area contributed by atoms with Gasteiger partial charge in [-0.05, 0) is 35.4 Å². The van der Waals surface area contributed by atoms with Gasteiger partial charge in [0.15, 0.2) is 0 Å². The van der Waals surface area contributed by atoms with Crippen LogP contribution in [0.15, 0.2) is 48.8 Å². The van der Waals surface area contributed by atoms with E-state index in [9.17, 15) is 0 Å². The minimum absolute atomic E-state index is 0.538. The summed E-state index contributed by atoms with van der Waals surface area (Å²) in [4.78, 5) is 4.61. The molecule has 0 aliphatic rings. The fraction of sp³-hybridized carbons (Fsp3) is 0.133. The predicted octanol–water partition coefficient (Wildman–Crippen LogP) is 3.04. The van der Waals surface area contributed by atoms with Gasteiger partial charge in [0.1, 0.15) is 5.65 Å². The van der Waals surface area contributed by atoms with Gasteiger partial charge in [-0.15, -0.1) is 0 Å². The van der Waals surface area contributed by atoms with Crippen LogP contribution in [0.25, 0.3) is 5.65 Å². The third-order valence-electron chi connectivity index (χ3n) is 3.11. The zero-order chi connectivity index (χ0) is 13.2. The summed E-state index contributed by atoms with van der Waals surface area (Å²) >= 11 is 5.88. The van der Waals surface area contributed by atoms with Crippen LogP contribution in [0.4, 0.5) is 0 Å². The molecular weight excluding hydrogens is 258 g/mol. The van der Waals surface area contributed by atoms with Gasteiger partial charge in [0.2, 0.25) is 0 Å². The summed E-state index contributed by atoms with van der Waals surface area (Å²) in [6.45, 7) is 0.538. The maximum absolute atomic E-state index is 5.88. The molecule has 3 rings (SSSR count). The van der Waals surface area contributed by atoms with E-state index in [0.29, 0.717) is 6.54 Å². The van der Waals surface area contributed by atoms with E-state index >= 15 is 0 Å². The molecule has 0 radical (unpaired) electrons. The number of benzene rings is 1. The smallest absolute Gasteiger partial charge is 0.137 e. The van der Waals surface area contributed by atoms with Gasteiger partial charge in [-0.2, -0.15) is 0 Å². The Bertz CT molecular complexity index is 701. The lowest BCUT2D eigenvalue weighted by Gasteiger charge is -1.97. The maximum atomic E-state index is 5.88. The van der Waals surface area contributed by atoms with E-state index in [1.807, 2.05) is 53.2 Å². The van der Waals surface area contributed by atoms with Crippen LogP contribution in [0.5, 0.6) is 0 Å². The Labute approximate surface area is 116 Å². The van der Waals surface area contributed by atoms with Crippen molar-refractivity contribution in [3.8, 4) is 0 Å². The summed E-state index contributed by atoms with van der Waals surface area (Å²) in [6, 6.07) is 11.9. The molecule has 0 amide bonds. The molecule has 19 heavy (non-hydrogen) atoms. The monoisotopic (exact) mass is 271 g/mol. The molecular formula is C15H14ClN3. The van der Waals surface area contributed by atoms with Crippen LogP contribution in [-0.4, -0.2) is 9.38 Å². The summed E-state index contributed by atoms with van der Waals surface area (Å²) in [5, 5.41) is 0.756. The zero-order valence-corrected chi connectivity index (χ0v) is 11.1. The van der Waals surface area contributed by atoms with E-state index in [1.165, 1.54) is 5.56 Å². The van der Waals surface area contributed by atoms with Crippen molar-refractivity contribution in [2.24, 2.45) is 5.73 Å². The fourth-order valence-corrected chi connectivity index (χ4v) is 2.23. The average Bonchev–Trinajstić information content (AvgIpc) is 2.82. The van der Waals surface area contributed by atoms with Crippen molar-refractivity contribution in [2.75, 3.05) is 0 Å². The molecule has 2 N–H and O–H groups in total. The maximum Gasteiger partial charge on any atom is 0.137 e. The molecule has 1 aromatic carbocycles. The van der Waals surface area contributed by atoms with Gasteiger partial charge in [0.05, 0.1) is 5.69 Å². The Morgan fingerprint density at radius 2 is 1.89 bits per heavy atom.